The Bertz CT molecular complexity index is 998. The summed E-state index contributed by atoms with van der Waals surface area (Å²) >= 11 is 0. The minimum Gasteiger partial charge on any atom is -0.493 e. The Morgan fingerprint density at radius 3 is 2.41 bits per heavy atom. The fraction of sp³-hybridized carbons (Fsp3) is 0.464. The molecule has 0 spiro atoms. The van der Waals surface area contributed by atoms with Gasteiger partial charge in [-0.25, -0.2) is 9.18 Å². The molecule has 1 aliphatic rings. The monoisotopic (exact) mass is 440 g/mol. The molecule has 0 aliphatic heterocycles. The molecule has 4 heteroatoms. The van der Waals surface area contributed by atoms with Crippen LogP contribution in [0.4, 0.5) is 4.39 Å². The third-order valence-electron chi connectivity index (χ3n) is 5.87. The zero-order valence-electron chi connectivity index (χ0n) is 20.7. The third-order valence-corrected chi connectivity index (χ3v) is 5.87. The molecule has 0 atom stereocenters. The number of hydrogen-bond donors (Lipinski definition) is 1. The summed E-state index contributed by atoms with van der Waals surface area (Å²) in [4.78, 5) is 10.8. The van der Waals surface area contributed by atoms with Gasteiger partial charge in [-0.3, -0.25) is 0 Å². The molecule has 1 N–H and O–H groups in total. The summed E-state index contributed by atoms with van der Waals surface area (Å²) in [6.45, 7) is 17.0. The van der Waals surface area contributed by atoms with E-state index in [9.17, 15) is 4.79 Å². The molecule has 0 aromatic heterocycles. The highest BCUT2D eigenvalue weighted by Gasteiger charge is 2.34. The lowest BCUT2D eigenvalue weighted by Gasteiger charge is -2.37. The molecule has 32 heavy (non-hydrogen) atoms. The Kier molecular flexibility index (Phi) is 7.92. The van der Waals surface area contributed by atoms with E-state index in [4.69, 9.17) is 9.84 Å². The number of fused-ring (bicyclic) bond motifs is 1. The van der Waals surface area contributed by atoms with Crippen LogP contribution in [0, 0.1) is 5.41 Å². The van der Waals surface area contributed by atoms with Crippen LogP contribution in [0.1, 0.15) is 84.9 Å². The van der Waals surface area contributed by atoms with Crippen LogP contribution in [0.2, 0.25) is 0 Å². The lowest BCUT2D eigenvalue weighted by Crippen LogP contribution is -2.25. The molecule has 0 unspecified atom stereocenters. The number of carboxylic acids is 1. The number of hydrogen-bond acceptors (Lipinski definition) is 2. The lowest BCUT2D eigenvalue weighted by molar-refractivity contribution is -0.131. The lowest BCUT2D eigenvalue weighted by atomic mass is 9.67. The molecular weight excluding hydrogens is 403 g/mol. The average molecular weight is 441 g/mol. The molecule has 0 fully saturated rings. The van der Waals surface area contributed by atoms with Gasteiger partial charge >= 0.3 is 5.97 Å². The summed E-state index contributed by atoms with van der Waals surface area (Å²) in [5.74, 6) is -0.750. The zero-order chi connectivity index (χ0) is 24.3. The van der Waals surface area contributed by atoms with Gasteiger partial charge < -0.3 is 9.84 Å². The first-order valence-electron chi connectivity index (χ1n) is 11.3. The predicted octanol–water partition coefficient (Wildman–Crippen LogP) is 7.87. The quantitative estimate of drug-likeness (QED) is 0.346. The van der Waals surface area contributed by atoms with Crippen molar-refractivity contribution in [1.82, 2.24) is 0 Å². The molecule has 0 saturated carbocycles. The van der Waals surface area contributed by atoms with Crippen LogP contribution in [0.5, 0.6) is 5.75 Å². The topological polar surface area (TPSA) is 46.5 Å². The predicted molar refractivity (Wildman–Crippen MR) is 132 cm³/mol. The maximum atomic E-state index is 15.3. The molecule has 2 rings (SSSR count). The Morgan fingerprint density at radius 1 is 1.22 bits per heavy atom. The van der Waals surface area contributed by atoms with Crippen molar-refractivity contribution in [1.29, 1.82) is 0 Å². The van der Waals surface area contributed by atoms with Gasteiger partial charge in [-0.05, 0) is 83.6 Å². The van der Waals surface area contributed by atoms with Crippen molar-refractivity contribution in [3.8, 4) is 5.75 Å². The van der Waals surface area contributed by atoms with Gasteiger partial charge in [0, 0.05) is 11.6 Å². The van der Waals surface area contributed by atoms with Crippen molar-refractivity contribution < 1.29 is 19.0 Å². The summed E-state index contributed by atoms with van der Waals surface area (Å²) in [5, 5.41) is 8.89. The van der Waals surface area contributed by atoms with Gasteiger partial charge in [-0.15, -0.1) is 0 Å². The van der Waals surface area contributed by atoms with Crippen molar-refractivity contribution in [3.05, 3.63) is 64.5 Å². The summed E-state index contributed by atoms with van der Waals surface area (Å²) in [6.07, 6.45) is 7.63. The van der Waals surface area contributed by atoms with E-state index in [0.29, 0.717) is 29.9 Å². The molecular formula is C28H37FO3. The summed E-state index contributed by atoms with van der Waals surface area (Å²) < 4.78 is 21.3. The maximum absolute atomic E-state index is 15.3. The Labute approximate surface area is 192 Å². The van der Waals surface area contributed by atoms with Crippen LogP contribution >= 0.6 is 0 Å². The van der Waals surface area contributed by atoms with Crippen LogP contribution in [0.3, 0.4) is 0 Å². The number of allylic oxidation sites excluding steroid dienone is 7. The number of rotatable bonds is 7. The van der Waals surface area contributed by atoms with Crippen LogP contribution in [0.15, 0.2) is 47.8 Å². The van der Waals surface area contributed by atoms with Gasteiger partial charge in [0.2, 0.25) is 0 Å². The van der Waals surface area contributed by atoms with E-state index in [0.717, 1.165) is 23.6 Å². The first-order chi connectivity index (χ1) is 14.8. The van der Waals surface area contributed by atoms with Gasteiger partial charge in [-0.1, -0.05) is 53.7 Å². The van der Waals surface area contributed by atoms with Crippen molar-refractivity contribution in [2.45, 2.75) is 73.6 Å². The standard InChI is InChI=1S/C28H37FO3/c1-9-19(24(29)12-11-18(3)15-26(30)31)20-16-21-22(27(4,5)6)13-14-28(7,8)23(21)17-25(20)32-10-2/h11-13,15-17H,9-10,14H2,1-8H3,(H,30,31)/b12-11+,18-15+,24-19+. The third kappa shape index (κ3) is 5.79. The molecule has 0 heterocycles. The highest BCUT2D eigenvalue weighted by molar-refractivity contribution is 5.83. The second-order valence-electron chi connectivity index (χ2n) is 10.0. The number of benzene rings is 1. The Morgan fingerprint density at radius 2 is 1.88 bits per heavy atom. The molecule has 1 aromatic carbocycles. The maximum Gasteiger partial charge on any atom is 0.328 e. The normalized spacial score (nSPS) is 17.0. The average Bonchev–Trinajstić information content (AvgIpc) is 2.66. The largest absolute Gasteiger partial charge is 0.493 e. The molecule has 174 valence electrons. The molecule has 3 nitrogen and oxygen atoms in total. The summed E-state index contributed by atoms with van der Waals surface area (Å²) in [6, 6.07) is 4.18. The van der Waals surface area contributed by atoms with Crippen molar-refractivity contribution in [2.75, 3.05) is 6.61 Å². The second kappa shape index (κ2) is 9.89. The highest BCUT2D eigenvalue weighted by atomic mass is 19.1. The first-order valence-corrected chi connectivity index (χ1v) is 11.3. The van der Waals surface area contributed by atoms with E-state index < -0.39 is 5.97 Å². The van der Waals surface area contributed by atoms with E-state index >= 15 is 4.39 Å². The Balaban J connectivity index is 2.75. The highest BCUT2D eigenvalue weighted by Crippen LogP contribution is 2.48. The number of ether oxygens (including phenoxy) is 1. The van der Waals surface area contributed by atoms with Crippen LogP contribution in [0.25, 0.3) is 11.1 Å². The van der Waals surface area contributed by atoms with E-state index in [2.05, 4.69) is 52.8 Å². The SMILES string of the molecule is CCOc1cc2c(cc1\C(CC)=C(F)/C=C/C(C)=C/C(=O)O)C(C(C)(C)C)=CCC2(C)C. The number of carboxylic acid groups (broad SMARTS) is 1. The van der Waals surface area contributed by atoms with Crippen molar-refractivity contribution in [2.24, 2.45) is 5.41 Å². The molecule has 0 amide bonds. The zero-order valence-corrected chi connectivity index (χ0v) is 20.7. The summed E-state index contributed by atoms with van der Waals surface area (Å²) in [7, 11) is 0. The molecule has 0 bridgehead atoms. The fourth-order valence-electron chi connectivity index (χ4n) is 4.20. The second-order valence-corrected chi connectivity index (χ2v) is 10.0. The van der Waals surface area contributed by atoms with Gasteiger partial charge in [-0.2, -0.15) is 0 Å². The first kappa shape index (κ1) is 25.6. The molecule has 0 radical (unpaired) electrons. The summed E-state index contributed by atoms with van der Waals surface area (Å²) in [5.41, 5.74) is 5.34. The van der Waals surface area contributed by atoms with Gasteiger partial charge in [0.1, 0.15) is 11.6 Å². The number of aliphatic carboxylic acids is 1. The molecule has 1 aromatic rings. The van der Waals surface area contributed by atoms with E-state index in [1.165, 1.54) is 23.3 Å². The van der Waals surface area contributed by atoms with Gasteiger partial charge in [0.25, 0.3) is 0 Å². The molecule has 1 aliphatic carbocycles. The minimum atomic E-state index is -1.05. The minimum absolute atomic E-state index is 0.0388. The van der Waals surface area contributed by atoms with Crippen LogP contribution < -0.4 is 4.74 Å². The smallest absolute Gasteiger partial charge is 0.328 e. The van der Waals surface area contributed by atoms with Crippen LogP contribution in [-0.2, 0) is 10.2 Å². The number of carbonyl (C=O) groups is 1. The Hall–Kier alpha value is -2.62. The van der Waals surface area contributed by atoms with Crippen LogP contribution in [-0.4, -0.2) is 17.7 Å². The number of halogens is 1. The van der Waals surface area contributed by atoms with Gasteiger partial charge in [0.05, 0.1) is 6.61 Å². The van der Waals surface area contributed by atoms with Crippen molar-refractivity contribution in [3.63, 3.8) is 0 Å². The van der Waals surface area contributed by atoms with E-state index in [1.54, 1.807) is 6.92 Å². The van der Waals surface area contributed by atoms with E-state index in [1.807, 2.05) is 13.8 Å². The van der Waals surface area contributed by atoms with E-state index in [-0.39, 0.29) is 16.7 Å². The van der Waals surface area contributed by atoms with Crippen molar-refractivity contribution >= 4 is 17.1 Å². The fourth-order valence-corrected chi connectivity index (χ4v) is 4.20. The van der Waals surface area contributed by atoms with Gasteiger partial charge in [0.15, 0.2) is 0 Å². The molecule has 0 saturated heterocycles.